The van der Waals surface area contributed by atoms with Crippen molar-refractivity contribution in [1.29, 1.82) is 0 Å². The van der Waals surface area contributed by atoms with Gasteiger partial charge in [0.1, 0.15) is 23.9 Å². The van der Waals surface area contributed by atoms with Crippen LogP contribution in [0.25, 0.3) is 0 Å². The molecule has 0 aromatic heterocycles. The molecular formula is C28H40N10O5. The lowest BCUT2D eigenvalue weighted by atomic mass is 10.0. The normalized spacial score (nSPS) is 12.5. The second-order valence-electron chi connectivity index (χ2n) is 9.59. The van der Waals surface area contributed by atoms with Gasteiger partial charge in [0.15, 0.2) is 11.9 Å². The number of rotatable bonds is 16. The van der Waals surface area contributed by atoms with Crippen molar-refractivity contribution in [2.24, 2.45) is 32.9 Å². The summed E-state index contributed by atoms with van der Waals surface area (Å²) in [5.41, 5.74) is 23.4. The molecule has 2 rings (SSSR count). The van der Waals surface area contributed by atoms with Crippen LogP contribution in [0.15, 0.2) is 64.6 Å². The Bertz CT molecular complexity index is 1280. The average Bonchev–Trinajstić information content (AvgIpc) is 2.97. The molecule has 43 heavy (non-hydrogen) atoms. The number of carbonyl (C=O) groups is 4. The first-order chi connectivity index (χ1) is 20.5. The maximum Gasteiger partial charge on any atom is 0.245 e. The smallest absolute Gasteiger partial charge is 0.245 e. The molecule has 0 unspecified atom stereocenters. The third-order valence-corrected chi connectivity index (χ3v) is 6.17. The number of amides is 4. The van der Waals surface area contributed by atoms with Crippen molar-refractivity contribution in [3.05, 3.63) is 65.7 Å². The lowest BCUT2D eigenvalue weighted by Crippen LogP contribution is -2.56. The molecule has 0 fully saturated rings. The third-order valence-electron chi connectivity index (χ3n) is 6.17. The number of nitrogens with zero attached hydrogens (tertiary/aromatic N) is 2. The molecule has 3 atom stereocenters. The summed E-state index contributed by atoms with van der Waals surface area (Å²) >= 11 is 0. The number of likely N-dealkylation sites (N-methyl/N-ethyl adjacent to an activating group) is 1. The quantitative estimate of drug-likeness (QED) is 0.0572. The molecule has 15 nitrogen and oxygen atoms in total. The van der Waals surface area contributed by atoms with E-state index < -0.39 is 41.8 Å². The molecule has 2 aromatic carbocycles. The number of nitrogens with two attached hydrogens (primary N) is 4. The standard InChI is InChI=1S/C28H40N10O5/c1-33-23(40)16-35-24(41)21(14-17-6-3-2-4-7-17)37-25(42)20(8-5-13-34-27(29)30)36-26(43)22(38-28(31)32)15-18-9-11-19(39)12-10-18/h2-4,6-7,9-12,20-22,39H,5,8,13-16H2,1H3,(H,33,40)(H,35,41)(H,36,43)(H,37,42)(H4,29,30,34)(H4,31,32,38)/t20-,21+,22+/m1/s1. The van der Waals surface area contributed by atoms with Gasteiger partial charge in [-0.25, -0.2) is 4.99 Å². The van der Waals surface area contributed by atoms with Crippen LogP contribution >= 0.6 is 0 Å². The van der Waals surface area contributed by atoms with Gasteiger partial charge < -0.3 is 49.3 Å². The summed E-state index contributed by atoms with van der Waals surface area (Å²) in [7, 11) is 1.44. The minimum atomic E-state index is -1.12. The molecule has 0 aliphatic carbocycles. The number of hydrogen-bond donors (Lipinski definition) is 9. The van der Waals surface area contributed by atoms with Crippen LogP contribution in [0.5, 0.6) is 5.75 Å². The van der Waals surface area contributed by atoms with E-state index in [1.165, 1.54) is 19.2 Å². The molecule has 0 saturated carbocycles. The Kier molecular flexibility index (Phi) is 13.8. The number of phenolic OH excluding ortho intramolecular Hbond substituents is 1. The molecular weight excluding hydrogens is 556 g/mol. The van der Waals surface area contributed by atoms with Crippen molar-refractivity contribution in [2.75, 3.05) is 20.1 Å². The Balaban J connectivity index is 2.28. The fraction of sp³-hybridized carbons (Fsp3) is 0.357. The molecule has 0 radical (unpaired) electrons. The number of aliphatic imine (C=N–C) groups is 2. The van der Waals surface area contributed by atoms with Crippen LogP contribution in [0.3, 0.4) is 0 Å². The fourth-order valence-electron chi connectivity index (χ4n) is 3.98. The van der Waals surface area contributed by atoms with Crippen LogP contribution in [0.2, 0.25) is 0 Å². The summed E-state index contributed by atoms with van der Waals surface area (Å²) in [4.78, 5) is 59.6. The van der Waals surface area contributed by atoms with Gasteiger partial charge in [0.25, 0.3) is 0 Å². The number of phenols is 1. The van der Waals surface area contributed by atoms with E-state index >= 15 is 0 Å². The predicted octanol–water partition coefficient (Wildman–Crippen LogP) is -2.30. The number of benzene rings is 2. The highest BCUT2D eigenvalue weighted by molar-refractivity contribution is 5.94. The van der Waals surface area contributed by atoms with Crippen molar-refractivity contribution in [1.82, 2.24) is 21.3 Å². The molecule has 0 bridgehead atoms. The summed E-state index contributed by atoms with van der Waals surface area (Å²) in [6.07, 6.45) is 0.622. The molecule has 15 heteroatoms. The maximum absolute atomic E-state index is 13.6. The van der Waals surface area contributed by atoms with Crippen LogP contribution in [0.1, 0.15) is 24.0 Å². The van der Waals surface area contributed by atoms with Crippen molar-refractivity contribution in [3.63, 3.8) is 0 Å². The van der Waals surface area contributed by atoms with E-state index in [1.54, 1.807) is 36.4 Å². The van der Waals surface area contributed by atoms with Gasteiger partial charge in [-0.2, -0.15) is 0 Å². The first-order valence-electron chi connectivity index (χ1n) is 13.5. The Morgan fingerprint density at radius 2 is 1.42 bits per heavy atom. The maximum atomic E-state index is 13.6. The molecule has 13 N–H and O–H groups in total. The van der Waals surface area contributed by atoms with Crippen molar-refractivity contribution >= 4 is 35.5 Å². The van der Waals surface area contributed by atoms with Gasteiger partial charge in [0.05, 0.1) is 6.54 Å². The topological polar surface area (TPSA) is 265 Å². The summed E-state index contributed by atoms with van der Waals surface area (Å²) in [6, 6.07) is 11.9. The molecule has 2 aromatic rings. The van der Waals surface area contributed by atoms with Crippen LogP contribution in [0, 0.1) is 0 Å². The zero-order valence-corrected chi connectivity index (χ0v) is 24.0. The second-order valence-corrected chi connectivity index (χ2v) is 9.59. The number of carbonyl (C=O) groups excluding carboxylic acids is 4. The SMILES string of the molecule is CNC(=O)CNC(=O)[C@H](Cc1ccccc1)NC(=O)[C@@H](CCCN=C(N)N)NC(=O)[C@H](Cc1ccc(O)cc1)N=C(N)N. The van der Waals surface area contributed by atoms with Gasteiger partial charge >= 0.3 is 0 Å². The minimum absolute atomic E-state index is 0.0496. The fourth-order valence-corrected chi connectivity index (χ4v) is 3.98. The van der Waals surface area contributed by atoms with E-state index in [0.29, 0.717) is 12.0 Å². The minimum Gasteiger partial charge on any atom is -0.508 e. The largest absolute Gasteiger partial charge is 0.508 e. The van der Waals surface area contributed by atoms with E-state index in [1.807, 2.05) is 6.07 Å². The van der Waals surface area contributed by atoms with Crippen LogP contribution in [-0.2, 0) is 32.0 Å². The molecule has 0 heterocycles. The van der Waals surface area contributed by atoms with E-state index in [2.05, 4.69) is 31.3 Å². The Morgan fingerprint density at radius 1 is 0.791 bits per heavy atom. The van der Waals surface area contributed by atoms with Crippen LogP contribution in [0.4, 0.5) is 0 Å². The van der Waals surface area contributed by atoms with E-state index in [-0.39, 0.29) is 50.0 Å². The van der Waals surface area contributed by atoms with Crippen LogP contribution < -0.4 is 44.2 Å². The molecule has 0 spiro atoms. The second kappa shape index (κ2) is 17.5. The zero-order chi connectivity index (χ0) is 31.8. The van der Waals surface area contributed by atoms with E-state index in [9.17, 15) is 24.3 Å². The van der Waals surface area contributed by atoms with Gasteiger partial charge in [0.2, 0.25) is 23.6 Å². The summed E-state index contributed by atoms with van der Waals surface area (Å²) in [5.74, 6) is -2.70. The number of hydrogen-bond acceptors (Lipinski definition) is 7. The molecule has 0 aliphatic heterocycles. The molecule has 0 saturated heterocycles. The van der Waals surface area contributed by atoms with Gasteiger partial charge in [0, 0.05) is 26.4 Å². The van der Waals surface area contributed by atoms with E-state index in [4.69, 9.17) is 22.9 Å². The van der Waals surface area contributed by atoms with Gasteiger partial charge in [-0.3, -0.25) is 24.2 Å². The van der Waals surface area contributed by atoms with Gasteiger partial charge in [-0.05, 0) is 36.1 Å². The highest BCUT2D eigenvalue weighted by atomic mass is 16.3. The lowest BCUT2D eigenvalue weighted by molar-refractivity contribution is -0.133. The lowest BCUT2D eigenvalue weighted by Gasteiger charge is -2.24. The number of aromatic hydroxyl groups is 1. The Morgan fingerprint density at radius 3 is 2.02 bits per heavy atom. The van der Waals surface area contributed by atoms with Crippen molar-refractivity contribution in [3.8, 4) is 5.75 Å². The van der Waals surface area contributed by atoms with Crippen molar-refractivity contribution in [2.45, 2.75) is 43.8 Å². The average molecular weight is 597 g/mol. The first kappa shape index (κ1) is 33.9. The predicted molar refractivity (Wildman–Crippen MR) is 162 cm³/mol. The third kappa shape index (κ3) is 12.8. The van der Waals surface area contributed by atoms with Crippen LogP contribution in [-0.4, -0.2) is 78.9 Å². The van der Waals surface area contributed by atoms with Gasteiger partial charge in [-0.15, -0.1) is 0 Å². The zero-order valence-electron chi connectivity index (χ0n) is 24.0. The molecule has 232 valence electrons. The number of nitrogens with one attached hydrogen (secondary N) is 4. The summed E-state index contributed by atoms with van der Waals surface area (Å²) in [6.45, 7) is -0.0977. The Hall–Kier alpha value is -5.34. The highest BCUT2D eigenvalue weighted by Gasteiger charge is 2.29. The summed E-state index contributed by atoms with van der Waals surface area (Å²) in [5, 5.41) is 19.9. The Labute approximate surface area is 249 Å². The first-order valence-corrected chi connectivity index (χ1v) is 13.5. The van der Waals surface area contributed by atoms with Gasteiger partial charge in [-0.1, -0.05) is 42.5 Å². The number of guanidine groups is 2. The molecule has 4 amide bonds. The van der Waals surface area contributed by atoms with Crippen molar-refractivity contribution < 1.29 is 24.3 Å². The monoisotopic (exact) mass is 596 g/mol. The summed E-state index contributed by atoms with van der Waals surface area (Å²) < 4.78 is 0. The molecule has 0 aliphatic rings. The highest BCUT2D eigenvalue weighted by Crippen LogP contribution is 2.13. The van der Waals surface area contributed by atoms with E-state index in [0.717, 1.165) is 5.56 Å².